The lowest BCUT2D eigenvalue weighted by Crippen LogP contribution is -2.46. The molecule has 7 nitrogen and oxygen atoms in total. The Morgan fingerprint density at radius 1 is 1.29 bits per heavy atom. The van der Waals surface area contributed by atoms with E-state index in [-0.39, 0.29) is 4.21 Å². The molecule has 2 rings (SSSR count). The van der Waals surface area contributed by atoms with Gasteiger partial charge in [0.2, 0.25) is 0 Å². The molecule has 1 aromatic heterocycles. The monoisotopic (exact) mass is 429 g/mol. The van der Waals surface area contributed by atoms with Gasteiger partial charge in [-0.1, -0.05) is 0 Å². The number of hydrogen-bond acceptors (Lipinski definition) is 6. The summed E-state index contributed by atoms with van der Waals surface area (Å²) in [4.78, 5) is 13.9. The molecule has 1 heterocycles. The number of nitriles is 1. The maximum atomic E-state index is 12.0. The van der Waals surface area contributed by atoms with Crippen molar-refractivity contribution in [1.29, 1.82) is 5.26 Å². The van der Waals surface area contributed by atoms with Gasteiger partial charge in [-0.2, -0.15) is 5.26 Å². The third-order valence-corrected chi connectivity index (χ3v) is 6.15. The molecule has 0 aliphatic rings. The lowest BCUT2D eigenvalue weighted by Gasteiger charge is -2.15. The Labute approximate surface area is 151 Å². The van der Waals surface area contributed by atoms with E-state index in [0.29, 0.717) is 15.1 Å². The lowest BCUT2D eigenvalue weighted by molar-refractivity contribution is -0.127. The molecule has 0 fully saturated rings. The van der Waals surface area contributed by atoms with E-state index in [1.165, 1.54) is 13.0 Å². The zero-order valence-corrected chi connectivity index (χ0v) is 15.5. The zero-order chi connectivity index (χ0) is 17.7. The van der Waals surface area contributed by atoms with Gasteiger partial charge in [-0.3, -0.25) is 10.2 Å². The topological polar surface area (TPSA) is 108 Å². The number of hydrazine groups is 1. The van der Waals surface area contributed by atoms with Crippen LogP contribution in [0.4, 0.5) is 0 Å². The van der Waals surface area contributed by atoms with Crippen molar-refractivity contribution in [2.45, 2.75) is 17.2 Å². The van der Waals surface area contributed by atoms with Crippen molar-refractivity contribution in [3.05, 3.63) is 45.7 Å². The summed E-state index contributed by atoms with van der Waals surface area (Å²) in [6.45, 7) is 1.48. The summed E-state index contributed by atoms with van der Waals surface area (Å²) in [5.41, 5.74) is 2.58. The SMILES string of the molecule is CC(Oc1ccc(C#N)cc1)C(=O)NNS(=O)(=O)c1ccc(Br)s1. The Morgan fingerprint density at radius 3 is 2.50 bits per heavy atom. The number of nitrogens with one attached hydrogen (secondary N) is 2. The molecule has 0 spiro atoms. The van der Waals surface area contributed by atoms with Crippen LogP contribution >= 0.6 is 27.3 Å². The van der Waals surface area contributed by atoms with Gasteiger partial charge < -0.3 is 4.74 Å². The van der Waals surface area contributed by atoms with E-state index >= 15 is 0 Å². The Hall–Kier alpha value is -1.93. The molecule has 10 heteroatoms. The highest BCUT2D eigenvalue weighted by Crippen LogP contribution is 2.25. The molecule has 0 aliphatic heterocycles. The number of rotatable bonds is 6. The van der Waals surface area contributed by atoms with E-state index < -0.39 is 22.0 Å². The van der Waals surface area contributed by atoms with E-state index in [1.54, 1.807) is 30.3 Å². The summed E-state index contributed by atoms with van der Waals surface area (Å²) in [5.74, 6) is -0.264. The number of benzene rings is 1. The zero-order valence-electron chi connectivity index (χ0n) is 12.3. The number of carbonyl (C=O) groups is 1. The van der Waals surface area contributed by atoms with E-state index in [9.17, 15) is 13.2 Å². The Kier molecular flexibility index (Phi) is 5.95. The first-order valence-electron chi connectivity index (χ1n) is 6.55. The fourth-order valence-electron chi connectivity index (χ4n) is 1.58. The van der Waals surface area contributed by atoms with Gasteiger partial charge in [0, 0.05) is 0 Å². The molecule has 0 radical (unpaired) electrons. The van der Waals surface area contributed by atoms with Crippen LogP contribution in [-0.4, -0.2) is 20.4 Å². The third-order valence-electron chi connectivity index (χ3n) is 2.79. The van der Waals surface area contributed by atoms with Crippen molar-refractivity contribution in [2.24, 2.45) is 0 Å². The second-order valence-corrected chi connectivity index (χ2v) is 8.92. The molecule has 1 amide bonds. The lowest BCUT2D eigenvalue weighted by atomic mass is 10.2. The molecule has 0 saturated carbocycles. The summed E-state index contributed by atoms with van der Waals surface area (Å²) in [5, 5.41) is 8.72. The van der Waals surface area contributed by atoms with E-state index in [0.717, 1.165) is 11.3 Å². The number of thiophene rings is 1. The molecule has 1 atom stereocenters. The summed E-state index contributed by atoms with van der Waals surface area (Å²) in [7, 11) is -3.83. The molecule has 0 saturated heterocycles. The number of ether oxygens (including phenoxy) is 1. The highest BCUT2D eigenvalue weighted by molar-refractivity contribution is 9.11. The number of hydrogen-bond donors (Lipinski definition) is 2. The van der Waals surface area contributed by atoms with Crippen molar-refractivity contribution >= 4 is 43.2 Å². The van der Waals surface area contributed by atoms with Crippen LogP contribution in [0.1, 0.15) is 12.5 Å². The molecule has 1 unspecified atom stereocenters. The molecule has 1 aromatic carbocycles. The molecule has 2 N–H and O–H groups in total. The molecule has 2 aromatic rings. The quantitative estimate of drug-likeness (QED) is 0.683. The molecule has 0 bridgehead atoms. The largest absolute Gasteiger partial charge is 0.481 e. The van der Waals surface area contributed by atoms with Crippen LogP contribution in [0.2, 0.25) is 0 Å². The first kappa shape index (κ1) is 18.4. The van der Waals surface area contributed by atoms with Crippen molar-refractivity contribution in [3.63, 3.8) is 0 Å². The number of halogens is 1. The minimum Gasteiger partial charge on any atom is -0.481 e. The second-order valence-electron chi connectivity index (χ2n) is 4.55. The van der Waals surface area contributed by atoms with Crippen molar-refractivity contribution in [2.75, 3.05) is 0 Å². The molecular formula is C14H12BrN3O4S2. The Morgan fingerprint density at radius 2 is 1.96 bits per heavy atom. The number of nitrogens with zero attached hydrogens (tertiary/aromatic N) is 1. The number of sulfonamides is 1. The average Bonchev–Trinajstić information content (AvgIpc) is 3.00. The van der Waals surface area contributed by atoms with Crippen LogP contribution in [0.5, 0.6) is 5.75 Å². The smallest absolute Gasteiger partial charge is 0.275 e. The van der Waals surface area contributed by atoms with E-state index in [4.69, 9.17) is 10.00 Å². The Bertz CT molecular complexity index is 872. The maximum absolute atomic E-state index is 12.0. The highest BCUT2D eigenvalue weighted by Gasteiger charge is 2.20. The van der Waals surface area contributed by atoms with Crippen LogP contribution in [0, 0.1) is 11.3 Å². The van der Waals surface area contributed by atoms with Gasteiger partial charge in [0.25, 0.3) is 15.9 Å². The minimum absolute atomic E-state index is 0.0651. The van der Waals surface area contributed by atoms with Gasteiger partial charge in [-0.15, -0.1) is 16.2 Å². The second kappa shape index (κ2) is 7.76. The van der Waals surface area contributed by atoms with Crippen molar-refractivity contribution < 1.29 is 17.9 Å². The van der Waals surface area contributed by atoms with Gasteiger partial charge >= 0.3 is 0 Å². The van der Waals surface area contributed by atoms with Crippen LogP contribution in [0.15, 0.2) is 44.4 Å². The summed E-state index contributed by atoms with van der Waals surface area (Å²) >= 11 is 4.19. The van der Waals surface area contributed by atoms with Gasteiger partial charge in [-0.25, -0.2) is 8.42 Å². The molecular weight excluding hydrogens is 418 g/mol. The average molecular weight is 430 g/mol. The van der Waals surface area contributed by atoms with Crippen molar-refractivity contribution in [1.82, 2.24) is 10.3 Å². The summed E-state index contributed by atoms with van der Waals surface area (Å²) in [6.07, 6.45) is -0.935. The standard InChI is InChI=1S/C14H12BrN3O4S2/c1-9(22-11-4-2-10(8-16)3-5-11)14(19)17-18-24(20,21)13-7-6-12(15)23-13/h2-7,9,18H,1H3,(H,17,19). The predicted molar refractivity (Wildman–Crippen MR) is 91.7 cm³/mol. The molecule has 126 valence electrons. The summed E-state index contributed by atoms with van der Waals surface area (Å²) < 4.78 is 30.1. The highest BCUT2D eigenvalue weighted by atomic mass is 79.9. The van der Waals surface area contributed by atoms with E-state index in [1.807, 2.05) is 10.9 Å². The first-order valence-corrected chi connectivity index (χ1v) is 9.65. The number of carbonyl (C=O) groups excluding carboxylic acids is 1. The van der Waals surface area contributed by atoms with Gasteiger partial charge in [0.15, 0.2) is 6.10 Å². The van der Waals surface area contributed by atoms with Gasteiger partial charge in [0.1, 0.15) is 9.96 Å². The minimum atomic E-state index is -3.83. The fourth-order valence-corrected chi connectivity index (χ4v) is 4.43. The van der Waals surface area contributed by atoms with E-state index in [2.05, 4.69) is 21.4 Å². The van der Waals surface area contributed by atoms with Crippen LogP contribution in [0.25, 0.3) is 0 Å². The van der Waals surface area contributed by atoms with Crippen LogP contribution < -0.4 is 15.0 Å². The molecule has 0 aliphatic carbocycles. The Balaban J connectivity index is 1.92. The normalized spacial score (nSPS) is 12.2. The fraction of sp³-hybridized carbons (Fsp3) is 0.143. The maximum Gasteiger partial charge on any atom is 0.275 e. The summed E-state index contributed by atoms with van der Waals surface area (Å²) in [6, 6.07) is 11.2. The number of amides is 1. The first-order chi connectivity index (χ1) is 11.3. The molecule has 24 heavy (non-hydrogen) atoms. The predicted octanol–water partition coefficient (Wildman–Crippen LogP) is 2.16. The van der Waals surface area contributed by atoms with Gasteiger partial charge in [-0.05, 0) is 59.3 Å². The van der Waals surface area contributed by atoms with Crippen LogP contribution in [-0.2, 0) is 14.8 Å². The third kappa shape index (κ3) is 4.78. The van der Waals surface area contributed by atoms with Gasteiger partial charge in [0.05, 0.1) is 15.4 Å². The van der Waals surface area contributed by atoms with Crippen LogP contribution in [0.3, 0.4) is 0 Å². The van der Waals surface area contributed by atoms with Crippen molar-refractivity contribution in [3.8, 4) is 11.8 Å².